The van der Waals surface area contributed by atoms with Crippen LogP contribution >= 0.6 is 0 Å². The van der Waals surface area contributed by atoms with Crippen molar-refractivity contribution >= 4 is 17.6 Å². The van der Waals surface area contributed by atoms with Crippen LogP contribution in [0.25, 0.3) is 0 Å². The fourth-order valence-electron chi connectivity index (χ4n) is 6.84. The normalized spacial score (nSPS) is 31.2. The summed E-state index contributed by atoms with van der Waals surface area (Å²) in [5, 5.41) is 14.0. The Morgan fingerprint density at radius 2 is 1.62 bits per heavy atom. The van der Waals surface area contributed by atoms with Crippen molar-refractivity contribution in [1.29, 1.82) is 0 Å². The Balaban J connectivity index is 1.40. The summed E-state index contributed by atoms with van der Waals surface area (Å²) in [6, 6.07) is 15.0. The predicted molar refractivity (Wildman–Crippen MR) is 122 cm³/mol. The number of anilines is 1. The van der Waals surface area contributed by atoms with Crippen LogP contribution in [-0.2, 0) is 14.3 Å². The molecule has 0 aliphatic heterocycles. The van der Waals surface area contributed by atoms with Crippen LogP contribution < -0.4 is 5.32 Å². The van der Waals surface area contributed by atoms with Gasteiger partial charge in [0, 0.05) is 11.3 Å². The number of amides is 1. The van der Waals surface area contributed by atoms with Crippen LogP contribution in [0.1, 0.15) is 61.3 Å². The van der Waals surface area contributed by atoms with Crippen LogP contribution in [0.15, 0.2) is 48.5 Å². The molecule has 0 spiro atoms. The smallest absolute Gasteiger partial charge is 0.313 e. The molecule has 0 radical (unpaired) electrons. The number of rotatable bonds is 5. The van der Waals surface area contributed by atoms with Crippen molar-refractivity contribution in [3.63, 3.8) is 0 Å². The van der Waals surface area contributed by atoms with Gasteiger partial charge in [-0.3, -0.25) is 9.59 Å². The Morgan fingerprint density at radius 3 is 2.22 bits per heavy atom. The van der Waals surface area contributed by atoms with Crippen LogP contribution in [0.5, 0.6) is 0 Å². The second kappa shape index (κ2) is 7.73. The highest BCUT2D eigenvalue weighted by Gasteiger charge is 2.61. The maximum Gasteiger partial charge on any atom is 0.313 e. The molecule has 5 nitrogen and oxygen atoms in total. The molecule has 2 aromatic carbocycles. The fourth-order valence-corrected chi connectivity index (χ4v) is 6.84. The zero-order chi connectivity index (χ0) is 22.5. The van der Waals surface area contributed by atoms with Gasteiger partial charge in [0.05, 0.1) is 11.0 Å². The topological polar surface area (TPSA) is 75.6 Å². The first-order valence-electron chi connectivity index (χ1n) is 11.6. The molecule has 3 atom stereocenters. The summed E-state index contributed by atoms with van der Waals surface area (Å²) >= 11 is 0. The molecular formula is C27H31NO4. The number of aliphatic hydroxyl groups is 1. The van der Waals surface area contributed by atoms with E-state index in [4.69, 9.17) is 4.74 Å². The molecular weight excluding hydrogens is 402 g/mol. The van der Waals surface area contributed by atoms with Gasteiger partial charge < -0.3 is 15.2 Å². The molecule has 0 saturated heterocycles. The first-order valence-corrected chi connectivity index (χ1v) is 11.6. The lowest BCUT2D eigenvalue weighted by Crippen LogP contribution is -2.58. The second-order valence-corrected chi connectivity index (χ2v) is 10.5. The molecule has 4 aliphatic carbocycles. The maximum atomic E-state index is 13.6. The summed E-state index contributed by atoms with van der Waals surface area (Å²) in [5.41, 5.74) is 2.00. The van der Waals surface area contributed by atoms with Crippen molar-refractivity contribution in [1.82, 2.24) is 0 Å². The third kappa shape index (κ3) is 3.95. The quantitative estimate of drug-likeness (QED) is 0.661. The largest absolute Gasteiger partial charge is 0.447 e. The Morgan fingerprint density at radius 1 is 1.00 bits per heavy atom. The minimum Gasteiger partial charge on any atom is -0.447 e. The highest BCUT2D eigenvalue weighted by Crippen LogP contribution is 2.62. The lowest BCUT2D eigenvalue weighted by Gasteiger charge is -2.58. The summed E-state index contributed by atoms with van der Waals surface area (Å²) in [4.78, 5) is 26.9. The number of aryl methyl sites for hydroxylation is 2. The molecule has 5 heteroatoms. The minimum absolute atomic E-state index is 0.338. The number of benzene rings is 2. The van der Waals surface area contributed by atoms with Crippen LogP contribution in [0.4, 0.5) is 5.69 Å². The van der Waals surface area contributed by atoms with Crippen molar-refractivity contribution in [3.05, 3.63) is 65.2 Å². The first-order chi connectivity index (χ1) is 15.2. The molecule has 4 bridgehead atoms. The summed E-state index contributed by atoms with van der Waals surface area (Å²) in [5.74, 6) is 0.0357. The summed E-state index contributed by atoms with van der Waals surface area (Å²) in [6.45, 7) is 3.96. The molecule has 2 aromatic rings. The Labute approximate surface area is 189 Å². The predicted octanol–water partition coefficient (Wildman–Crippen LogP) is 4.86. The molecule has 2 N–H and O–H groups in total. The van der Waals surface area contributed by atoms with E-state index < -0.39 is 17.1 Å². The maximum absolute atomic E-state index is 13.6. The van der Waals surface area contributed by atoms with Crippen molar-refractivity contribution in [2.75, 3.05) is 5.32 Å². The van der Waals surface area contributed by atoms with E-state index >= 15 is 0 Å². The first kappa shape index (κ1) is 21.2. The Bertz CT molecular complexity index is 1010. The average molecular weight is 434 g/mol. The SMILES string of the molecule is Cc1cc(C)cc(NC(=O)C(OC(=O)C23CC4CC(CC(O)(C4)C2)C3)c2ccccc2)c1. The van der Waals surface area contributed by atoms with Crippen molar-refractivity contribution < 1.29 is 19.4 Å². The molecule has 6 rings (SSSR count). The van der Waals surface area contributed by atoms with E-state index in [0.717, 1.165) is 43.2 Å². The minimum atomic E-state index is -1.04. The monoisotopic (exact) mass is 433 g/mol. The van der Waals surface area contributed by atoms with Gasteiger partial charge in [-0.1, -0.05) is 36.4 Å². The number of ether oxygens (including phenoxy) is 1. The van der Waals surface area contributed by atoms with Gasteiger partial charge in [-0.15, -0.1) is 0 Å². The van der Waals surface area contributed by atoms with Crippen LogP contribution in [0, 0.1) is 31.1 Å². The van der Waals surface area contributed by atoms with Gasteiger partial charge >= 0.3 is 5.97 Å². The molecule has 0 heterocycles. The van der Waals surface area contributed by atoms with E-state index in [-0.39, 0.29) is 11.9 Å². The molecule has 0 aromatic heterocycles. The molecule has 4 saturated carbocycles. The van der Waals surface area contributed by atoms with Gasteiger partial charge in [0.25, 0.3) is 5.91 Å². The third-order valence-corrected chi connectivity index (χ3v) is 7.52. The van der Waals surface area contributed by atoms with Crippen LogP contribution in [-0.4, -0.2) is 22.6 Å². The lowest BCUT2D eigenvalue weighted by atomic mass is 9.48. The zero-order valence-corrected chi connectivity index (χ0v) is 18.8. The molecule has 32 heavy (non-hydrogen) atoms. The van der Waals surface area contributed by atoms with Gasteiger partial charge in [0.2, 0.25) is 6.10 Å². The number of carbonyl (C=O) groups excluding carboxylic acids is 2. The van der Waals surface area contributed by atoms with Crippen molar-refractivity contribution in [2.24, 2.45) is 17.3 Å². The fraction of sp³-hybridized carbons (Fsp3) is 0.481. The molecule has 4 fully saturated rings. The van der Waals surface area contributed by atoms with Gasteiger partial charge in [-0.25, -0.2) is 0 Å². The van der Waals surface area contributed by atoms with Gasteiger partial charge in [0.1, 0.15) is 0 Å². The Hall–Kier alpha value is -2.66. The van der Waals surface area contributed by atoms with E-state index in [1.165, 1.54) is 0 Å². The van der Waals surface area contributed by atoms with E-state index in [9.17, 15) is 14.7 Å². The standard InChI is InChI=1S/C27H31NO4/c1-17-8-18(2)10-22(9-17)28-24(29)23(21-6-4-3-5-7-21)32-25(30)26-12-19-11-20(13-26)15-27(31,14-19)16-26/h3-10,19-20,23,31H,11-16H2,1-2H3,(H,28,29). The Kier molecular flexibility index (Phi) is 5.12. The molecule has 168 valence electrons. The highest BCUT2D eigenvalue weighted by molar-refractivity contribution is 5.96. The summed E-state index contributed by atoms with van der Waals surface area (Å²) in [7, 11) is 0. The number of hydrogen-bond acceptors (Lipinski definition) is 4. The third-order valence-electron chi connectivity index (χ3n) is 7.52. The number of carbonyl (C=O) groups is 2. The highest BCUT2D eigenvalue weighted by atomic mass is 16.5. The number of hydrogen-bond donors (Lipinski definition) is 2. The molecule has 3 unspecified atom stereocenters. The molecule has 1 amide bonds. The number of nitrogens with one attached hydrogen (secondary N) is 1. The van der Waals surface area contributed by atoms with Crippen LogP contribution in [0.2, 0.25) is 0 Å². The second-order valence-electron chi connectivity index (χ2n) is 10.5. The van der Waals surface area contributed by atoms with Crippen molar-refractivity contribution in [3.8, 4) is 0 Å². The van der Waals surface area contributed by atoms with Gasteiger partial charge in [-0.2, -0.15) is 0 Å². The van der Waals surface area contributed by atoms with Crippen LogP contribution in [0.3, 0.4) is 0 Å². The summed E-state index contributed by atoms with van der Waals surface area (Å²) < 4.78 is 6.00. The van der Waals surface area contributed by atoms with Gasteiger partial charge in [-0.05, 0) is 87.5 Å². The lowest BCUT2D eigenvalue weighted by molar-refractivity contribution is -0.200. The average Bonchev–Trinajstić information content (AvgIpc) is 2.69. The van der Waals surface area contributed by atoms with Gasteiger partial charge in [0.15, 0.2) is 0 Å². The van der Waals surface area contributed by atoms with E-state index in [0.29, 0.717) is 29.5 Å². The number of esters is 1. The van der Waals surface area contributed by atoms with E-state index in [1.54, 1.807) is 0 Å². The molecule has 4 aliphatic rings. The van der Waals surface area contributed by atoms with E-state index in [1.807, 2.05) is 62.4 Å². The van der Waals surface area contributed by atoms with Crippen molar-refractivity contribution in [2.45, 2.75) is 64.1 Å². The summed E-state index contributed by atoms with van der Waals surface area (Å²) in [6.07, 6.45) is 3.59. The zero-order valence-electron chi connectivity index (χ0n) is 18.8. The van der Waals surface area contributed by atoms with E-state index in [2.05, 4.69) is 5.32 Å².